The van der Waals surface area contributed by atoms with E-state index in [0.717, 1.165) is 22.3 Å². The lowest BCUT2D eigenvalue weighted by atomic mass is 10.0. The Morgan fingerprint density at radius 3 is 2.32 bits per heavy atom. The number of nitro benzene ring substituents is 1. The summed E-state index contributed by atoms with van der Waals surface area (Å²) in [6.07, 6.45) is 0. The minimum Gasteiger partial charge on any atom is -0.375 e. The van der Waals surface area contributed by atoms with E-state index >= 15 is 0 Å². The van der Waals surface area contributed by atoms with E-state index in [1.807, 2.05) is 54.6 Å². The molecule has 1 heterocycles. The van der Waals surface area contributed by atoms with Crippen molar-refractivity contribution < 1.29 is 4.92 Å². The second-order valence-corrected chi connectivity index (χ2v) is 6.14. The van der Waals surface area contributed by atoms with Crippen LogP contribution in [-0.2, 0) is 6.54 Å². The van der Waals surface area contributed by atoms with Gasteiger partial charge in [-0.15, -0.1) is 10.2 Å². The maximum atomic E-state index is 11.4. The summed E-state index contributed by atoms with van der Waals surface area (Å²) in [6.45, 7) is 0.502. The van der Waals surface area contributed by atoms with Crippen molar-refractivity contribution in [2.75, 3.05) is 5.32 Å². The highest BCUT2D eigenvalue weighted by molar-refractivity contribution is 5.75. The first-order valence-corrected chi connectivity index (χ1v) is 8.61. The van der Waals surface area contributed by atoms with Crippen LogP contribution in [0.5, 0.6) is 0 Å². The first kappa shape index (κ1) is 17.3. The van der Waals surface area contributed by atoms with Gasteiger partial charge in [-0.2, -0.15) is 5.21 Å². The van der Waals surface area contributed by atoms with Crippen LogP contribution in [0.3, 0.4) is 0 Å². The van der Waals surface area contributed by atoms with Gasteiger partial charge in [0.1, 0.15) is 5.69 Å². The Morgan fingerprint density at radius 2 is 1.64 bits per heavy atom. The van der Waals surface area contributed by atoms with Gasteiger partial charge in [0.2, 0.25) is 5.82 Å². The molecule has 138 valence electrons. The molecular formula is C20H16N6O2. The second kappa shape index (κ2) is 7.67. The zero-order valence-corrected chi connectivity index (χ0v) is 14.7. The number of anilines is 1. The largest absolute Gasteiger partial charge is 0.375 e. The molecular weight excluding hydrogens is 356 g/mol. The van der Waals surface area contributed by atoms with E-state index in [9.17, 15) is 10.1 Å². The van der Waals surface area contributed by atoms with Gasteiger partial charge in [-0.05, 0) is 34.0 Å². The molecule has 2 N–H and O–H groups in total. The molecule has 0 spiro atoms. The van der Waals surface area contributed by atoms with Gasteiger partial charge in [0, 0.05) is 18.2 Å². The summed E-state index contributed by atoms with van der Waals surface area (Å²) in [6, 6.07) is 22.4. The van der Waals surface area contributed by atoms with Gasteiger partial charge in [-0.3, -0.25) is 10.1 Å². The number of aromatic amines is 1. The Bertz CT molecular complexity index is 1080. The zero-order chi connectivity index (χ0) is 19.3. The molecule has 8 heteroatoms. The molecule has 0 saturated carbocycles. The number of aromatic nitrogens is 4. The highest BCUT2D eigenvalue weighted by Crippen LogP contribution is 2.31. The minimum absolute atomic E-state index is 0.0445. The number of nitrogens with zero attached hydrogens (tertiary/aromatic N) is 4. The van der Waals surface area contributed by atoms with Crippen LogP contribution in [0.15, 0.2) is 72.8 Å². The smallest absolute Gasteiger partial charge is 0.292 e. The van der Waals surface area contributed by atoms with Crippen LogP contribution in [0.2, 0.25) is 0 Å². The standard InChI is InChI=1S/C20H16N6O2/c27-26(28)19-11-10-17(12-18(19)21-13-14-4-2-1-3-5-14)15-6-8-16(9-7-15)20-22-24-25-23-20/h1-12,21H,13H2,(H,22,23,24,25). The summed E-state index contributed by atoms with van der Waals surface area (Å²) in [5.41, 5.74) is 4.22. The highest BCUT2D eigenvalue weighted by Gasteiger charge is 2.15. The molecule has 0 saturated heterocycles. The van der Waals surface area contributed by atoms with E-state index in [1.54, 1.807) is 12.1 Å². The SMILES string of the molecule is O=[N+]([O-])c1ccc(-c2ccc(-c3nn[nH]n3)cc2)cc1NCc1ccccc1. The first-order valence-electron chi connectivity index (χ1n) is 8.61. The van der Waals surface area contributed by atoms with Gasteiger partial charge in [-0.1, -0.05) is 54.6 Å². The molecule has 4 rings (SSSR count). The van der Waals surface area contributed by atoms with Crippen LogP contribution in [0.4, 0.5) is 11.4 Å². The van der Waals surface area contributed by atoms with Crippen LogP contribution < -0.4 is 5.32 Å². The molecule has 0 aliphatic heterocycles. The van der Waals surface area contributed by atoms with Crippen LogP contribution >= 0.6 is 0 Å². The van der Waals surface area contributed by atoms with Crippen molar-refractivity contribution in [2.45, 2.75) is 6.54 Å². The summed E-state index contributed by atoms with van der Waals surface area (Å²) in [5, 5.41) is 28.5. The van der Waals surface area contributed by atoms with E-state index in [1.165, 1.54) is 6.07 Å². The van der Waals surface area contributed by atoms with E-state index in [2.05, 4.69) is 25.9 Å². The predicted molar refractivity (Wildman–Crippen MR) is 105 cm³/mol. The fourth-order valence-electron chi connectivity index (χ4n) is 2.91. The molecule has 0 aliphatic rings. The normalized spacial score (nSPS) is 10.6. The number of benzene rings is 3. The predicted octanol–water partition coefficient (Wildman–Crippen LogP) is 4.05. The second-order valence-electron chi connectivity index (χ2n) is 6.14. The molecule has 8 nitrogen and oxygen atoms in total. The average Bonchev–Trinajstić information content (AvgIpc) is 3.28. The number of H-pyrrole nitrogens is 1. The van der Waals surface area contributed by atoms with Gasteiger partial charge >= 0.3 is 0 Å². The van der Waals surface area contributed by atoms with Crippen molar-refractivity contribution in [3.8, 4) is 22.5 Å². The first-order chi connectivity index (χ1) is 13.7. The minimum atomic E-state index is -0.379. The van der Waals surface area contributed by atoms with Crippen LogP contribution in [0.1, 0.15) is 5.56 Å². The summed E-state index contributed by atoms with van der Waals surface area (Å²) in [5.74, 6) is 0.514. The molecule has 0 bridgehead atoms. The summed E-state index contributed by atoms with van der Waals surface area (Å²) >= 11 is 0. The molecule has 0 atom stereocenters. The van der Waals surface area contributed by atoms with Gasteiger partial charge in [0.15, 0.2) is 0 Å². The van der Waals surface area contributed by atoms with Gasteiger partial charge in [0.05, 0.1) is 4.92 Å². The van der Waals surface area contributed by atoms with Gasteiger partial charge in [0.25, 0.3) is 5.69 Å². The molecule has 4 aromatic rings. The lowest BCUT2D eigenvalue weighted by Crippen LogP contribution is -2.02. The van der Waals surface area contributed by atoms with Crippen LogP contribution in [-0.4, -0.2) is 25.5 Å². The Labute approximate surface area is 160 Å². The molecule has 28 heavy (non-hydrogen) atoms. The summed E-state index contributed by atoms with van der Waals surface area (Å²) in [7, 11) is 0. The number of rotatable bonds is 6. The average molecular weight is 372 g/mol. The number of hydrogen-bond donors (Lipinski definition) is 2. The number of nitrogens with one attached hydrogen (secondary N) is 2. The number of tetrazole rings is 1. The van der Waals surface area contributed by atoms with Crippen molar-refractivity contribution in [1.29, 1.82) is 0 Å². The molecule has 0 amide bonds. The lowest BCUT2D eigenvalue weighted by molar-refractivity contribution is -0.384. The summed E-state index contributed by atoms with van der Waals surface area (Å²) in [4.78, 5) is 11.0. The maximum Gasteiger partial charge on any atom is 0.292 e. The lowest BCUT2D eigenvalue weighted by Gasteiger charge is -2.10. The molecule has 1 aromatic heterocycles. The van der Waals surface area contributed by atoms with Crippen LogP contribution in [0, 0.1) is 10.1 Å². The van der Waals surface area contributed by atoms with Crippen LogP contribution in [0.25, 0.3) is 22.5 Å². The molecule has 0 fully saturated rings. The quantitative estimate of drug-likeness (QED) is 0.390. The van der Waals surface area contributed by atoms with Crippen molar-refractivity contribution in [1.82, 2.24) is 20.6 Å². The van der Waals surface area contributed by atoms with E-state index < -0.39 is 0 Å². The third-order valence-electron chi connectivity index (χ3n) is 4.34. The third-order valence-corrected chi connectivity index (χ3v) is 4.34. The molecule has 0 radical (unpaired) electrons. The summed E-state index contributed by atoms with van der Waals surface area (Å²) < 4.78 is 0. The Hall–Kier alpha value is -4.07. The number of hydrogen-bond acceptors (Lipinski definition) is 6. The maximum absolute atomic E-state index is 11.4. The third kappa shape index (κ3) is 3.70. The van der Waals surface area contributed by atoms with Gasteiger partial charge in [-0.25, -0.2) is 0 Å². The van der Waals surface area contributed by atoms with E-state index in [-0.39, 0.29) is 10.6 Å². The van der Waals surface area contributed by atoms with Crippen molar-refractivity contribution in [3.05, 3.63) is 88.5 Å². The Kier molecular flexibility index (Phi) is 4.75. The molecule has 0 unspecified atom stereocenters. The monoisotopic (exact) mass is 372 g/mol. The zero-order valence-electron chi connectivity index (χ0n) is 14.7. The fourth-order valence-corrected chi connectivity index (χ4v) is 2.91. The topological polar surface area (TPSA) is 110 Å². The van der Waals surface area contributed by atoms with Crippen molar-refractivity contribution in [2.24, 2.45) is 0 Å². The van der Waals surface area contributed by atoms with Crippen molar-refractivity contribution >= 4 is 11.4 Å². The van der Waals surface area contributed by atoms with Gasteiger partial charge < -0.3 is 5.32 Å². The molecule has 3 aromatic carbocycles. The highest BCUT2D eigenvalue weighted by atomic mass is 16.6. The molecule has 0 aliphatic carbocycles. The number of nitro groups is 1. The van der Waals surface area contributed by atoms with E-state index in [0.29, 0.717) is 18.1 Å². The Balaban J connectivity index is 1.61. The Morgan fingerprint density at radius 1 is 0.929 bits per heavy atom. The van der Waals surface area contributed by atoms with Crippen molar-refractivity contribution in [3.63, 3.8) is 0 Å². The van der Waals surface area contributed by atoms with E-state index in [4.69, 9.17) is 0 Å². The fraction of sp³-hybridized carbons (Fsp3) is 0.0500.